The number of aliphatic hydroxyl groups is 1. The SMILES string of the molecule is CC(C)CCN(CCC(C)C)c1ccc(F)cc1CO. The van der Waals surface area contributed by atoms with Crippen molar-refractivity contribution in [1.29, 1.82) is 0 Å². The molecule has 1 N–H and O–H groups in total. The van der Waals surface area contributed by atoms with Gasteiger partial charge in [0, 0.05) is 24.3 Å². The smallest absolute Gasteiger partial charge is 0.123 e. The highest BCUT2D eigenvalue weighted by Gasteiger charge is 2.13. The molecule has 2 nitrogen and oxygen atoms in total. The van der Waals surface area contributed by atoms with E-state index in [9.17, 15) is 9.50 Å². The maximum atomic E-state index is 13.3. The van der Waals surface area contributed by atoms with Crippen LogP contribution in [0.5, 0.6) is 0 Å². The standard InChI is InChI=1S/C17H28FNO/c1-13(2)7-9-19(10-8-14(3)4)17-6-5-16(18)11-15(17)12-20/h5-6,11,13-14,20H,7-10,12H2,1-4H3. The molecule has 0 aromatic heterocycles. The van der Waals surface area contributed by atoms with Crippen LogP contribution in [0.15, 0.2) is 18.2 Å². The third-order valence-electron chi connectivity index (χ3n) is 3.51. The van der Waals surface area contributed by atoms with Crippen LogP contribution in [-0.4, -0.2) is 18.2 Å². The van der Waals surface area contributed by atoms with Gasteiger partial charge in [0.25, 0.3) is 0 Å². The van der Waals surface area contributed by atoms with Gasteiger partial charge in [0.15, 0.2) is 0 Å². The first-order chi connectivity index (χ1) is 9.43. The van der Waals surface area contributed by atoms with E-state index >= 15 is 0 Å². The minimum absolute atomic E-state index is 0.118. The largest absolute Gasteiger partial charge is 0.392 e. The van der Waals surface area contributed by atoms with Crippen molar-refractivity contribution in [2.24, 2.45) is 11.8 Å². The second-order valence-electron chi connectivity index (χ2n) is 6.28. The Bertz CT molecular complexity index is 392. The van der Waals surface area contributed by atoms with E-state index < -0.39 is 0 Å². The maximum absolute atomic E-state index is 13.3. The molecule has 0 amide bonds. The van der Waals surface area contributed by atoms with Crippen molar-refractivity contribution >= 4 is 5.69 Å². The summed E-state index contributed by atoms with van der Waals surface area (Å²) in [5, 5.41) is 9.45. The van der Waals surface area contributed by atoms with Gasteiger partial charge in [-0.15, -0.1) is 0 Å². The van der Waals surface area contributed by atoms with Gasteiger partial charge in [-0.05, 0) is 42.9 Å². The topological polar surface area (TPSA) is 23.5 Å². The number of hydrogen-bond acceptors (Lipinski definition) is 2. The van der Waals surface area contributed by atoms with Crippen molar-refractivity contribution in [2.45, 2.75) is 47.1 Å². The molecule has 0 radical (unpaired) electrons. The fraction of sp³-hybridized carbons (Fsp3) is 0.647. The minimum atomic E-state index is -0.287. The predicted molar refractivity (Wildman–Crippen MR) is 83.4 cm³/mol. The number of halogens is 1. The van der Waals surface area contributed by atoms with Gasteiger partial charge >= 0.3 is 0 Å². The van der Waals surface area contributed by atoms with Gasteiger partial charge in [0.1, 0.15) is 5.82 Å². The zero-order valence-corrected chi connectivity index (χ0v) is 13.2. The van der Waals surface area contributed by atoms with Gasteiger partial charge in [0.2, 0.25) is 0 Å². The van der Waals surface area contributed by atoms with E-state index in [1.807, 2.05) is 0 Å². The van der Waals surface area contributed by atoms with Crippen LogP contribution in [0.25, 0.3) is 0 Å². The molecular weight excluding hydrogens is 253 g/mol. The number of benzene rings is 1. The molecule has 0 saturated heterocycles. The predicted octanol–water partition coefficient (Wildman–Crippen LogP) is 4.22. The van der Waals surface area contributed by atoms with Crippen LogP contribution in [0, 0.1) is 17.7 Å². The van der Waals surface area contributed by atoms with E-state index in [1.165, 1.54) is 12.1 Å². The number of rotatable bonds is 8. The van der Waals surface area contributed by atoms with Gasteiger partial charge in [-0.3, -0.25) is 0 Å². The molecule has 0 atom stereocenters. The van der Waals surface area contributed by atoms with Crippen LogP contribution in [-0.2, 0) is 6.61 Å². The third-order valence-corrected chi connectivity index (χ3v) is 3.51. The zero-order valence-electron chi connectivity index (χ0n) is 13.2. The Morgan fingerprint density at radius 2 is 1.60 bits per heavy atom. The lowest BCUT2D eigenvalue weighted by atomic mass is 10.1. The van der Waals surface area contributed by atoms with Crippen molar-refractivity contribution < 1.29 is 9.50 Å². The average Bonchev–Trinajstić information content (AvgIpc) is 2.38. The van der Waals surface area contributed by atoms with E-state index in [2.05, 4.69) is 32.6 Å². The summed E-state index contributed by atoms with van der Waals surface area (Å²) < 4.78 is 13.3. The molecular formula is C17H28FNO. The van der Waals surface area contributed by atoms with Crippen LogP contribution in [0.2, 0.25) is 0 Å². The molecule has 1 aromatic rings. The second-order valence-corrected chi connectivity index (χ2v) is 6.28. The van der Waals surface area contributed by atoms with Gasteiger partial charge in [-0.2, -0.15) is 0 Å². The van der Waals surface area contributed by atoms with Crippen molar-refractivity contribution in [3.63, 3.8) is 0 Å². The number of hydrogen-bond donors (Lipinski definition) is 1. The van der Waals surface area contributed by atoms with Crippen LogP contribution >= 0.6 is 0 Å². The fourth-order valence-corrected chi connectivity index (χ4v) is 2.17. The van der Waals surface area contributed by atoms with E-state index in [1.54, 1.807) is 6.07 Å². The van der Waals surface area contributed by atoms with E-state index in [4.69, 9.17) is 0 Å². The quantitative estimate of drug-likeness (QED) is 0.771. The summed E-state index contributed by atoms with van der Waals surface area (Å²) in [7, 11) is 0. The Labute approximate surface area is 122 Å². The van der Waals surface area contributed by atoms with Crippen LogP contribution in [0.1, 0.15) is 46.1 Å². The molecule has 114 valence electrons. The Morgan fingerprint density at radius 3 is 2.05 bits per heavy atom. The molecule has 0 aliphatic rings. The Balaban J connectivity index is 2.89. The van der Waals surface area contributed by atoms with Crippen molar-refractivity contribution in [3.8, 4) is 0 Å². The lowest BCUT2D eigenvalue weighted by molar-refractivity contribution is 0.281. The Kier molecular flexibility index (Phi) is 7.00. The van der Waals surface area contributed by atoms with Crippen molar-refractivity contribution in [3.05, 3.63) is 29.6 Å². The lowest BCUT2D eigenvalue weighted by Crippen LogP contribution is -2.28. The summed E-state index contributed by atoms with van der Waals surface area (Å²) in [6.07, 6.45) is 2.20. The lowest BCUT2D eigenvalue weighted by Gasteiger charge is -2.28. The molecule has 0 unspecified atom stereocenters. The van der Waals surface area contributed by atoms with Crippen LogP contribution in [0.4, 0.5) is 10.1 Å². The van der Waals surface area contributed by atoms with E-state index in [-0.39, 0.29) is 12.4 Å². The maximum Gasteiger partial charge on any atom is 0.123 e. The highest BCUT2D eigenvalue weighted by atomic mass is 19.1. The summed E-state index contributed by atoms with van der Waals surface area (Å²) in [6, 6.07) is 4.71. The summed E-state index contributed by atoms with van der Waals surface area (Å²) in [6.45, 7) is 10.6. The number of nitrogens with zero attached hydrogens (tertiary/aromatic N) is 1. The summed E-state index contributed by atoms with van der Waals surface area (Å²) >= 11 is 0. The molecule has 1 rings (SSSR count). The molecule has 0 spiro atoms. The monoisotopic (exact) mass is 281 g/mol. The molecule has 0 saturated carbocycles. The molecule has 0 bridgehead atoms. The molecule has 1 aromatic carbocycles. The third kappa shape index (κ3) is 5.49. The fourth-order valence-electron chi connectivity index (χ4n) is 2.17. The first-order valence-corrected chi connectivity index (χ1v) is 7.58. The van der Waals surface area contributed by atoms with E-state index in [0.717, 1.165) is 31.6 Å². The summed E-state index contributed by atoms with van der Waals surface area (Å²) in [5.41, 5.74) is 1.65. The molecule has 0 aliphatic heterocycles. The summed E-state index contributed by atoms with van der Waals surface area (Å²) in [5.74, 6) is 0.981. The molecule has 0 fully saturated rings. The van der Waals surface area contributed by atoms with Gasteiger partial charge in [0.05, 0.1) is 6.61 Å². The normalized spacial score (nSPS) is 11.4. The van der Waals surface area contributed by atoms with Crippen LogP contribution in [0.3, 0.4) is 0 Å². The first kappa shape index (κ1) is 17.0. The summed E-state index contributed by atoms with van der Waals surface area (Å²) in [4.78, 5) is 2.28. The first-order valence-electron chi connectivity index (χ1n) is 7.58. The zero-order chi connectivity index (χ0) is 15.1. The highest BCUT2D eigenvalue weighted by molar-refractivity contribution is 5.53. The van der Waals surface area contributed by atoms with E-state index in [0.29, 0.717) is 17.4 Å². The number of anilines is 1. The molecule has 0 aliphatic carbocycles. The van der Waals surface area contributed by atoms with Crippen molar-refractivity contribution in [2.75, 3.05) is 18.0 Å². The Morgan fingerprint density at radius 1 is 1.05 bits per heavy atom. The minimum Gasteiger partial charge on any atom is -0.392 e. The van der Waals surface area contributed by atoms with Crippen LogP contribution < -0.4 is 4.90 Å². The van der Waals surface area contributed by atoms with Crippen molar-refractivity contribution in [1.82, 2.24) is 0 Å². The second kappa shape index (κ2) is 8.25. The van der Waals surface area contributed by atoms with Gasteiger partial charge in [-0.25, -0.2) is 4.39 Å². The molecule has 0 heterocycles. The number of aliphatic hydroxyl groups excluding tert-OH is 1. The molecule has 20 heavy (non-hydrogen) atoms. The Hall–Kier alpha value is -1.09. The molecule has 3 heteroatoms. The average molecular weight is 281 g/mol. The van der Waals surface area contributed by atoms with Gasteiger partial charge < -0.3 is 10.0 Å². The van der Waals surface area contributed by atoms with Gasteiger partial charge in [-0.1, -0.05) is 27.7 Å². The highest BCUT2D eigenvalue weighted by Crippen LogP contribution is 2.23.